The third-order valence-electron chi connectivity index (χ3n) is 3.37. The van der Waals surface area contributed by atoms with Crippen LogP contribution < -0.4 is 11.3 Å². The van der Waals surface area contributed by atoms with E-state index >= 15 is 0 Å². The largest absolute Gasteiger partial charge is 0.272 e. The molecule has 1 aromatic heterocycles. The molecule has 0 saturated carbocycles. The van der Waals surface area contributed by atoms with Crippen molar-refractivity contribution in [2.45, 2.75) is 46.6 Å². The zero-order valence-corrected chi connectivity index (χ0v) is 11.0. The lowest BCUT2D eigenvalue weighted by molar-refractivity contribution is 0.365. The van der Waals surface area contributed by atoms with Gasteiger partial charge in [0.25, 0.3) is 0 Å². The lowest BCUT2D eigenvalue weighted by Crippen LogP contribution is -2.33. The van der Waals surface area contributed by atoms with E-state index in [9.17, 15) is 0 Å². The normalized spacial score (nSPS) is 15.1. The molecule has 1 heterocycles. The highest BCUT2D eigenvalue weighted by Gasteiger charge is 2.23. The fraction of sp³-hybridized carbons (Fsp3) is 0.750. The van der Waals surface area contributed by atoms with E-state index in [1.165, 1.54) is 24.1 Å². The third kappa shape index (κ3) is 2.44. The molecule has 2 unspecified atom stereocenters. The predicted molar refractivity (Wildman–Crippen MR) is 66.8 cm³/mol. The number of hydrogen-bond acceptors (Lipinski definition) is 3. The highest BCUT2D eigenvalue weighted by atomic mass is 15.3. The van der Waals surface area contributed by atoms with Crippen LogP contribution in [-0.2, 0) is 7.05 Å². The maximum Gasteiger partial charge on any atom is 0.0644 e. The van der Waals surface area contributed by atoms with E-state index < -0.39 is 0 Å². The van der Waals surface area contributed by atoms with Crippen LogP contribution in [0.25, 0.3) is 0 Å². The fourth-order valence-electron chi connectivity index (χ4n) is 2.39. The van der Waals surface area contributed by atoms with Gasteiger partial charge in [-0.05, 0) is 26.2 Å². The first kappa shape index (κ1) is 13.2. The number of hydrazine groups is 1. The Kier molecular flexibility index (Phi) is 4.50. The second-order valence-corrected chi connectivity index (χ2v) is 4.62. The van der Waals surface area contributed by atoms with Gasteiger partial charge in [-0.3, -0.25) is 16.0 Å². The molecule has 92 valence electrons. The van der Waals surface area contributed by atoms with Gasteiger partial charge in [-0.25, -0.2) is 0 Å². The van der Waals surface area contributed by atoms with Crippen molar-refractivity contribution in [2.24, 2.45) is 18.8 Å². The maximum absolute atomic E-state index is 5.70. The molecule has 0 aromatic carbocycles. The lowest BCUT2D eigenvalue weighted by atomic mass is 9.90. The molecule has 0 fully saturated rings. The van der Waals surface area contributed by atoms with E-state index in [0.29, 0.717) is 5.92 Å². The Hall–Kier alpha value is -0.870. The quantitative estimate of drug-likeness (QED) is 0.594. The number of rotatable bonds is 5. The van der Waals surface area contributed by atoms with E-state index in [1.807, 2.05) is 18.7 Å². The van der Waals surface area contributed by atoms with Crippen LogP contribution >= 0.6 is 0 Å². The summed E-state index contributed by atoms with van der Waals surface area (Å²) in [5.74, 6) is 6.22. The van der Waals surface area contributed by atoms with Gasteiger partial charge in [0, 0.05) is 18.3 Å². The third-order valence-corrected chi connectivity index (χ3v) is 3.37. The Labute approximate surface area is 98.2 Å². The second-order valence-electron chi connectivity index (χ2n) is 4.62. The Morgan fingerprint density at radius 1 is 1.44 bits per heavy atom. The van der Waals surface area contributed by atoms with Crippen LogP contribution in [0.5, 0.6) is 0 Å². The molecule has 0 radical (unpaired) electrons. The molecule has 1 rings (SSSR count). The number of hydrogen-bond donors (Lipinski definition) is 2. The molecule has 2 atom stereocenters. The average molecular weight is 224 g/mol. The Bertz CT molecular complexity index is 343. The molecule has 16 heavy (non-hydrogen) atoms. The van der Waals surface area contributed by atoms with Crippen LogP contribution in [0.1, 0.15) is 49.7 Å². The Balaban J connectivity index is 3.03. The van der Waals surface area contributed by atoms with Gasteiger partial charge < -0.3 is 0 Å². The van der Waals surface area contributed by atoms with Gasteiger partial charge in [0.2, 0.25) is 0 Å². The summed E-state index contributed by atoms with van der Waals surface area (Å²) < 4.78 is 1.92. The SMILES string of the molecule is CCCC(C)C(NN)c1c(C)nn(C)c1C. The number of nitrogens with zero attached hydrogens (tertiary/aromatic N) is 2. The minimum Gasteiger partial charge on any atom is -0.272 e. The molecule has 0 spiro atoms. The van der Waals surface area contributed by atoms with Gasteiger partial charge >= 0.3 is 0 Å². The first-order valence-electron chi connectivity index (χ1n) is 5.99. The lowest BCUT2D eigenvalue weighted by Gasteiger charge is -2.23. The number of nitrogens with two attached hydrogens (primary N) is 1. The van der Waals surface area contributed by atoms with Crippen LogP contribution in [0, 0.1) is 19.8 Å². The highest BCUT2D eigenvalue weighted by molar-refractivity contribution is 5.28. The molecule has 0 bridgehead atoms. The zero-order valence-electron chi connectivity index (χ0n) is 11.0. The van der Waals surface area contributed by atoms with E-state index in [0.717, 1.165) is 5.69 Å². The predicted octanol–water partition coefficient (Wildman–Crippen LogP) is 1.98. The van der Waals surface area contributed by atoms with Crippen molar-refractivity contribution in [2.75, 3.05) is 0 Å². The molecule has 0 aliphatic rings. The summed E-state index contributed by atoms with van der Waals surface area (Å²) in [6, 6.07) is 0.202. The Morgan fingerprint density at radius 2 is 2.06 bits per heavy atom. The van der Waals surface area contributed by atoms with Gasteiger partial charge in [-0.2, -0.15) is 5.10 Å². The minimum absolute atomic E-state index is 0.202. The van der Waals surface area contributed by atoms with Gasteiger partial charge in [0.05, 0.1) is 11.7 Å². The number of nitrogens with one attached hydrogen (secondary N) is 1. The summed E-state index contributed by atoms with van der Waals surface area (Å²) in [6.45, 7) is 8.58. The molecule has 0 aliphatic carbocycles. The Morgan fingerprint density at radius 3 is 2.44 bits per heavy atom. The van der Waals surface area contributed by atoms with Gasteiger partial charge in [-0.1, -0.05) is 20.3 Å². The molecule has 0 amide bonds. The molecular weight excluding hydrogens is 200 g/mol. The van der Waals surface area contributed by atoms with Crippen LogP contribution in [0.15, 0.2) is 0 Å². The smallest absolute Gasteiger partial charge is 0.0644 e. The number of aryl methyl sites for hydroxylation is 2. The van der Waals surface area contributed by atoms with Crippen molar-refractivity contribution in [3.63, 3.8) is 0 Å². The molecule has 3 N–H and O–H groups in total. The van der Waals surface area contributed by atoms with Crippen LogP contribution in [0.3, 0.4) is 0 Å². The van der Waals surface area contributed by atoms with E-state index in [-0.39, 0.29) is 6.04 Å². The first-order chi connectivity index (χ1) is 7.52. The molecule has 1 aromatic rings. The summed E-state index contributed by atoms with van der Waals surface area (Å²) in [4.78, 5) is 0. The highest BCUT2D eigenvalue weighted by Crippen LogP contribution is 2.29. The van der Waals surface area contributed by atoms with Crippen molar-refractivity contribution in [3.8, 4) is 0 Å². The molecular formula is C12H24N4. The van der Waals surface area contributed by atoms with Crippen molar-refractivity contribution in [3.05, 3.63) is 17.0 Å². The van der Waals surface area contributed by atoms with Crippen molar-refractivity contribution in [1.29, 1.82) is 0 Å². The standard InChI is InChI=1S/C12H24N4/c1-6-7-8(2)12(14-13)11-9(3)15-16(5)10(11)4/h8,12,14H,6-7,13H2,1-5H3. The summed E-state index contributed by atoms with van der Waals surface area (Å²) in [5, 5.41) is 4.44. The summed E-state index contributed by atoms with van der Waals surface area (Å²) in [6.07, 6.45) is 2.35. The second kappa shape index (κ2) is 5.46. The minimum atomic E-state index is 0.202. The fourth-order valence-corrected chi connectivity index (χ4v) is 2.39. The van der Waals surface area contributed by atoms with E-state index in [1.54, 1.807) is 0 Å². The van der Waals surface area contributed by atoms with Crippen LogP contribution in [0.4, 0.5) is 0 Å². The molecule has 4 heteroatoms. The first-order valence-corrected chi connectivity index (χ1v) is 5.99. The molecule has 0 aliphatic heterocycles. The van der Waals surface area contributed by atoms with E-state index in [4.69, 9.17) is 5.84 Å². The summed E-state index contributed by atoms with van der Waals surface area (Å²) in [7, 11) is 1.98. The number of aromatic nitrogens is 2. The maximum atomic E-state index is 5.70. The molecule has 0 saturated heterocycles. The monoisotopic (exact) mass is 224 g/mol. The van der Waals surface area contributed by atoms with Gasteiger partial charge in [0.15, 0.2) is 0 Å². The van der Waals surface area contributed by atoms with Crippen LogP contribution in [0.2, 0.25) is 0 Å². The van der Waals surface area contributed by atoms with Crippen molar-refractivity contribution in [1.82, 2.24) is 15.2 Å². The van der Waals surface area contributed by atoms with Gasteiger partial charge in [-0.15, -0.1) is 0 Å². The topological polar surface area (TPSA) is 55.9 Å². The van der Waals surface area contributed by atoms with Crippen LogP contribution in [-0.4, -0.2) is 9.78 Å². The average Bonchev–Trinajstić information content (AvgIpc) is 2.46. The van der Waals surface area contributed by atoms with Crippen molar-refractivity contribution < 1.29 is 0 Å². The summed E-state index contributed by atoms with van der Waals surface area (Å²) >= 11 is 0. The van der Waals surface area contributed by atoms with Crippen molar-refractivity contribution >= 4 is 0 Å². The molecule has 4 nitrogen and oxygen atoms in total. The van der Waals surface area contributed by atoms with Gasteiger partial charge in [0.1, 0.15) is 0 Å². The van der Waals surface area contributed by atoms with E-state index in [2.05, 4.69) is 31.3 Å². The zero-order chi connectivity index (χ0) is 12.3. The summed E-state index contributed by atoms with van der Waals surface area (Å²) in [5.41, 5.74) is 6.47.